The number of aliphatic hydroxyl groups is 1. The van der Waals surface area contributed by atoms with Crippen molar-refractivity contribution in [3.8, 4) is 12.1 Å². The molecule has 32 heavy (non-hydrogen) atoms. The summed E-state index contributed by atoms with van der Waals surface area (Å²) in [6.45, 7) is 0. The van der Waals surface area contributed by atoms with Crippen LogP contribution in [0.1, 0.15) is 23.1 Å². The fraction of sp³-hybridized carbons (Fsp3) is 0.115. The molecule has 0 saturated heterocycles. The Morgan fingerprint density at radius 1 is 0.938 bits per heavy atom. The van der Waals surface area contributed by atoms with Gasteiger partial charge in [0.2, 0.25) is 11.8 Å². The highest BCUT2D eigenvalue weighted by atomic mass is 16.3. The Balaban J connectivity index is 2.10. The molecule has 3 atom stereocenters. The number of hydrogen-bond donors (Lipinski definition) is 3. The van der Waals surface area contributed by atoms with Crippen LogP contribution in [0.3, 0.4) is 0 Å². The first-order chi connectivity index (χ1) is 15.6. The molecule has 0 spiro atoms. The molecule has 1 aliphatic rings. The van der Waals surface area contributed by atoms with Crippen LogP contribution in [0.15, 0.2) is 108 Å². The zero-order valence-electron chi connectivity index (χ0n) is 17.1. The van der Waals surface area contributed by atoms with E-state index in [0.717, 1.165) is 5.56 Å². The van der Waals surface area contributed by atoms with Crippen LogP contribution in [0.4, 0.5) is 0 Å². The van der Waals surface area contributed by atoms with Crippen LogP contribution in [0.2, 0.25) is 0 Å². The summed E-state index contributed by atoms with van der Waals surface area (Å²) in [7, 11) is 0. The second-order valence-corrected chi connectivity index (χ2v) is 7.43. The van der Waals surface area contributed by atoms with E-state index in [4.69, 9.17) is 5.41 Å². The third-order valence-electron chi connectivity index (χ3n) is 5.68. The van der Waals surface area contributed by atoms with E-state index in [1.54, 1.807) is 12.1 Å². The minimum atomic E-state index is -1.69. The Morgan fingerprint density at radius 2 is 1.53 bits per heavy atom. The van der Waals surface area contributed by atoms with Crippen molar-refractivity contribution in [2.75, 3.05) is 0 Å². The predicted molar refractivity (Wildman–Crippen MR) is 118 cm³/mol. The van der Waals surface area contributed by atoms with Gasteiger partial charge in [0.1, 0.15) is 11.6 Å². The van der Waals surface area contributed by atoms with Crippen LogP contribution in [-0.4, -0.2) is 11.0 Å². The number of allylic oxidation sites excluding steroid dienone is 2. The average molecular weight is 418 g/mol. The van der Waals surface area contributed by atoms with E-state index in [2.05, 4.69) is 17.3 Å². The van der Waals surface area contributed by atoms with Crippen LogP contribution in [0, 0.1) is 28.1 Å². The summed E-state index contributed by atoms with van der Waals surface area (Å²) in [5.74, 6) is 1.51. The molecule has 4 rings (SSSR count). The van der Waals surface area contributed by atoms with Crippen LogP contribution in [0.25, 0.3) is 0 Å². The highest BCUT2D eigenvalue weighted by molar-refractivity contribution is 5.71. The second kappa shape index (κ2) is 8.71. The number of nitriles is 2. The van der Waals surface area contributed by atoms with Gasteiger partial charge in [-0.25, -0.2) is 0 Å². The molecule has 0 unspecified atom stereocenters. The maximum Gasteiger partial charge on any atom is 0.227 e. The molecule has 6 nitrogen and oxygen atoms in total. The third-order valence-corrected chi connectivity index (χ3v) is 5.68. The molecule has 3 aromatic rings. The topological polar surface area (TPSA) is 108 Å². The van der Waals surface area contributed by atoms with E-state index >= 15 is 0 Å². The number of aromatic nitrogens is 1. The van der Waals surface area contributed by atoms with Crippen LogP contribution < -0.4 is 9.88 Å². The zero-order chi connectivity index (χ0) is 22.6. The molecule has 1 aromatic heterocycles. The SMILES string of the molecule is N#CC(=C=N)C1=C(C#N)[C@H](c2ccccc2)[C@@H]([n+]2ccccc2)[C@@](O)(c2ccccc2)N1. The first-order valence-electron chi connectivity index (χ1n) is 10.0. The van der Waals surface area contributed by atoms with Crippen molar-refractivity contribution >= 4 is 5.87 Å². The van der Waals surface area contributed by atoms with E-state index < -0.39 is 17.7 Å². The average Bonchev–Trinajstić information content (AvgIpc) is 2.86. The number of benzene rings is 2. The number of nitrogens with one attached hydrogen (secondary N) is 2. The van der Waals surface area contributed by atoms with Crippen LogP contribution in [0.5, 0.6) is 0 Å². The van der Waals surface area contributed by atoms with Gasteiger partial charge < -0.3 is 10.4 Å². The molecule has 154 valence electrons. The summed E-state index contributed by atoms with van der Waals surface area (Å²) >= 11 is 0. The standard InChI is InChI=1S/C26H20N5O/c27-16-20(17-28)24-22(18-29)23(19-10-4-1-5-11-19)25(31-14-8-3-9-15-31)26(32,30-24)21-12-6-2-7-13-21/h1-15,23,25,27,30,32H/q+1/t23-,25+,26-/m0/s1. The van der Waals surface area contributed by atoms with E-state index in [1.165, 1.54) is 0 Å². The minimum absolute atomic E-state index is 0.109. The number of nitrogens with zero attached hydrogens (tertiary/aromatic N) is 3. The Labute approximate surface area is 186 Å². The summed E-state index contributed by atoms with van der Waals surface area (Å²) in [5, 5.41) is 42.7. The first-order valence-corrected chi connectivity index (χ1v) is 10.0. The second-order valence-electron chi connectivity index (χ2n) is 7.43. The maximum absolute atomic E-state index is 12.2. The smallest absolute Gasteiger partial charge is 0.227 e. The molecule has 0 fully saturated rings. The lowest BCUT2D eigenvalue weighted by atomic mass is 9.73. The summed E-state index contributed by atoms with van der Waals surface area (Å²) in [5.41, 5.74) is -0.0940. The van der Waals surface area contributed by atoms with Gasteiger partial charge in [-0.15, -0.1) is 0 Å². The van der Waals surface area contributed by atoms with Crippen molar-refractivity contribution in [1.82, 2.24) is 5.32 Å². The summed E-state index contributed by atoms with van der Waals surface area (Å²) in [6, 6.07) is 27.6. The van der Waals surface area contributed by atoms with Crippen molar-refractivity contribution in [3.63, 3.8) is 0 Å². The quantitative estimate of drug-likeness (QED) is 0.343. The lowest BCUT2D eigenvalue weighted by molar-refractivity contribution is -0.743. The van der Waals surface area contributed by atoms with Gasteiger partial charge in [-0.1, -0.05) is 66.7 Å². The molecule has 0 bridgehead atoms. The van der Waals surface area contributed by atoms with Crippen molar-refractivity contribution in [2.24, 2.45) is 0 Å². The summed E-state index contributed by atoms with van der Waals surface area (Å²) < 4.78 is 1.87. The van der Waals surface area contributed by atoms with Crippen molar-refractivity contribution in [2.45, 2.75) is 17.7 Å². The molecule has 2 heterocycles. The Bertz CT molecular complexity index is 1280. The van der Waals surface area contributed by atoms with E-state index in [-0.39, 0.29) is 16.8 Å². The van der Waals surface area contributed by atoms with Crippen molar-refractivity contribution in [1.29, 1.82) is 15.9 Å². The summed E-state index contributed by atoms with van der Waals surface area (Å²) in [6.07, 6.45) is 3.68. The highest BCUT2D eigenvalue weighted by Crippen LogP contribution is 2.47. The normalized spacial score (nSPS) is 22.1. The molecule has 6 heteroatoms. The highest BCUT2D eigenvalue weighted by Gasteiger charge is 2.56. The molecular weight excluding hydrogens is 398 g/mol. The largest absolute Gasteiger partial charge is 0.362 e. The Hall–Kier alpha value is -4.48. The van der Waals surface area contributed by atoms with Gasteiger partial charge in [-0.3, -0.25) is 5.41 Å². The molecule has 3 N–H and O–H groups in total. The first kappa shape index (κ1) is 20.8. The predicted octanol–water partition coefficient (Wildman–Crippen LogP) is 3.22. The van der Waals surface area contributed by atoms with Gasteiger partial charge in [-0.05, 0) is 11.4 Å². The molecule has 0 amide bonds. The Kier molecular flexibility index (Phi) is 5.66. The van der Waals surface area contributed by atoms with Gasteiger partial charge in [0.15, 0.2) is 12.4 Å². The number of pyridine rings is 1. The number of hydrogen-bond acceptors (Lipinski definition) is 5. The molecule has 2 aromatic carbocycles. The summed E-state index contributed by atoms with van der Waals surface area (Å²) in [4.78, 5) is 0. The maximum atomic E-state index is 12.2. The van der Waals surface area contributed by atoms with E-state index in [1.807, 2.05) is 89.8 Å². The van der Waals surface area contributed by atoms with E-state index in [9.17, 15) is 15.6 Å². The minimum Gasteiger partial charge on any atom is -0.362 e. The van der Waals surface area contributed by atoms with Gasteiger partial charge in [-0.2, -0.15) is 15.1 Å². The Morgan fingerprint density at radius 3 is 2.09 bits per heavy atom. The fourth-order valence-electron chi connectivity index (χ4n) is 4.29. The van der Waals surface area contributed by atoms with Gasteiger partial charge in [0.25, 0.3) is 0 Å². The molecule has 0 aliphatic carbocycles. The van der Waals surface area contributed by atoms with Gasteiger partial charge in [0, 0.05) is 17.7 Å². The lowest BCUT2D eigenvalue weighted by Gasteiger charge is -2.42. The zero-order valence-corrected chi connectivity index (χ0v) is 17.1. The monoisotopic (exact) mass is 418 g/mol. The van der Waals surface area contributed by atoms with E-state index in [0.29, 0.717) is 5.56 Å². The lowest BCUT2D eigenvalue weighted by Crippen LogP contribution is -2.62. The van der Waals surface area contributed by atoms with Gasteiger partial charge >= 0.3 is 0 Å². The van der Waals surface area contributed by atoms with Crippen molar-refractivity contribution < 1.29 is 9.67 Å². The third kappa shape index (κ3) is 3.47. The van der Waals surface area contributed by atoms with Crippen LogP contribution in [-0.2, 0) is 5.72 Å². The van der Waals surface area contributed by atoms with Crippen LogP contribution >= 0.6 is 0 Å². The fourth-order valence-corrected chi connectivity index (χ4v) is 4.29. The molecular formula is C26H20N5O+. The molecule has 0 radical (unpaired) electrons. The number of rotatable bonds is 4. The van der Waals surface area contributed by atoms with Gasteiger partial charge in [0.05, 0.1) is 23.3 Å². The molecule has 1 aliphatic heterocycles. The molecule has 0 saturated carbocycles. The van der Waals surface area contributed by atoms with Crippen molar-refractivity contribution in [3.05, 3.63) is 119 Å².